The van der Waals surface area contributed by atoms with Crippen molar-refractivity contribution >= 4 is 28.7 Å². The summed E-state index contributed by atoms with van der Waals surface area (Å²) in [5.74, 6) is 0.0757. The number of pyridine rings is 1. The van der Waals surface area contributed by atoms with Crippen molar-refractivity contribution in [2.24, 2.45) is 5.92 Å². The molecule has 3 aromatic rings. The molecule has 11 heteroatoms. The van der Waals surface area contributed by atoms with Gasteiger partial charge >= 0.3 is 6.36 Å². The maximum Gasteiger partial charge on any atom is 0.573 e. The quantitative estimate of drug-likeness (QED) is 0.543. The zero-order valence-corrected chi connectivity index (χ0v) is 18.4. The number of nitrogens with one attached hydrogen (secondary N) is 1. The number of aromatic nitrogens is 2. The zero-order chi connectivity index (χ0) is 23.6. The van der Waals surface area contributed by atoms with Gasteiger partial charge in [-0.2, -0.15) is 0 Å². The van der Waals surface area contributed by atoms with Crippen molar-refractivity contribution in [2.45, 2.75) is 19.7 Å². The van der Waals surface area contributed by atoms with E-state index in [1.807, 2.05) is 6.92 Å². The van der Waals surface area contributed by atoms with Gasteiger partial charge in [-0.25, -0.2) is 9.97 Å². The number of alkyl halides is 3. The Bertz CT molecular complexity index is 1130. The van der Waals surface area contributed by atoms with Gasteiger partial charge in [0.2, 0.25) is 0 Å². The summed E-state index contributed by atoms with van der Waals surface area (Å²) in [6.07, 6.45) is -0.720. The van der Waals surface area contributed by atoms with Gasteiger partial charge in [-0.15, -0.1) is 24.5 Å². The Hall–Kier alpha value is -3.18. The van der Waals surface area contributed by atoms with Crippen LogP contribution in [0.1, 0.15) is 21.8 Å². The lowest BCUT2D eigenvalue weighted by Gasteiger charge is -2.20. The van der Waals surface area contributed by atoms with Crippen LogP contribution in [0.2, 0.25) is 0 Å². The first-order valence-electron chi connectivity index (χ1n) is 10.2. The van der Waals surface area contributed by atoms with Crippen LogP contribution < -0.4 is 15.0 Å². The number of anilines is 2. The van der Waals surface area contributed by atoms with E-state index in [0.29, 0.717) is 17.8 Å². The van der Waals surface area contributed by atoms with Crippen LogP contribution in [0.5, 0.6) is 5.75 Å². The molecule has 4 rings (SSSR count). The van der Waals surface area contributed by atoms with Crippen LogP contribution in [0.25, 0.3) is 10.4 Å². The summed E-state index contributed by atoms with van der Waals surface area (Å²) < 4.78 is 40.8. The average Bonchev–Trinajstić information content (AvgIpc) is 3.42. The Kier molecular flexibility index (Phi) is 6.52. The van der Waals surface area contributed by atoms with Crippen molar-refractivity contribution in [3.63, 3.8) is 0 Å². The van der Waals surface area contributed by atoms with Crippen molar-refractivity contribution in [3.8, 4) is 16.2 Å². The summed E-state index contributed by atoms with van der Waals surface area (Å²) in [6, 6.07) is 6.64. The van der Waals surface area contributed by atoms with Gasteiger partial charge in [-0.3, -0.25) is 4.79 Å². The minimum absolute atomic E-state index is 0.110. The molecule has 0 radical (unpaired) electrons. The molecule has 0 aliphatic carbocycles. The van der Waals surface area contributed by atoms with Crippen molar-refractivity contribution < 1.29 is 27.8 Å². The molecule has 174 valence electrons. The Morgan fingerprint density at radius 2 is 2.03 bits per heavy atom. The third-order valence-corrected chi connectivity index (χ3v) is 6.15. The van der Waals surface area contributed by atoms with Gasteiger partial charge in [-0.1, -0.05) is 0 Å². The maximum absolute atomic E-state index is 12.8. The largest absolute Gasteiger partial charge is 0.573 e. The Balaban J connectivity index is 1.57. The summed E-state index contributed by atoms with van der Waals surface area (Å²) >= 11 is 1.49. The minimum Gasteiger partial charge on any atom is -0.406 e. The van der Waals surface area contributed by atoms with Crippen LogP contribution in [0.3, 0.4) is 0 Å². The molecule has 1 aliphatic heterocycles. The number of carbonyl (C=O) groups excluding carboxylic acids is 1. The first-order chi connectivity index (χ1) is 15.7. The fourth-order valence-corrected chi connectivity index (χ4v) is 4.41. The second-order valence-corrected chi connectivity index (χ2v) is 8.88. The van der Waals surface area contributed by atoms with Crippen molar-refractivity contribution in [3.05, 3.63) is 53.3 Å². The molecule has 1 aromatic carbocycles. The van der Waals surface area contributed by atoms with E-state index >= 15 is 0 Å². The van der Waals surface area contributed by atoms with E-state index in [0.717, 1.165) is 46.4 Å². The minimum atomic E-state index is -4.78. The number of hydrogen-bond acceptors (Lipinski definition) is 7. The fraction of sp³-hybridized carbons (Fsp3) is 0.318. The summed E-state index contributed by atoms with van der Waals surface area (Å²) in [6.45, 7) is 3.42. The maximum atomic E-state index is 12.8. The van der Waals surface area contributed by atoms with E-state index in [1.54, 1.807) is 12.3 Å². The van der Waals surface area contributed by atoms with Gasteiger partial charge < -0.3 is 20.1 Å². The number of thiazole rings is 1. The van der Waals surface area contributed by atoms with Crippen LogP contribution in [-0.2, 0) is 0 Å². The predicted octanol–water partition coefficient (Wildman–Crippen LogP) is 4.48. The van der Waals surface area contributed by atoms with Gasteiger partial charge in [0.25, 0.3) is 5.91 Å². The SMILES string of the molecule is Cc1ncc(-c2cc(C(=O)Nc3ccc(OC(F)(F)F)cc3)cnc2N2CCC(CO)C2)s1. The molecule has 3 heterocycles. The van der Waals surface area contributed by atoms with Crippen molar-refractivity contribution in [1.29, 1.82) is 0 Å². The van der Waals surface area contributed by atoms with E-state index < -0.39 is 12.3 Å². The summed E-state index contributed by atoms with van der Waals surface area (Å²) in [5, 5.41) is 13.0. The molecule has 0 saturated carbocycles. The summed E-state index contributed by atoms with van der Waals surface area (Å²) in [5.41, 5.74) is 1.38. The van der Waals surface area contributed by atoms with Gasteiger partial charge in [0, 0.05) is 49.3 Å². The smallest absolute Gasteiger partial charge is 0.406 e. The van der Waals surface area contributed by atoms with Crippen LogP contribution in [-0.4, -0.2) is 47.0 Å². The lowest BCUT2D eigenvalue weighted by Crippen LogP contribution is -2.23. The second-order valence-electron chi connectivity index (χ2n) is 7.65. The number of aryl methyl sites for hydroxylation is 1. The highest BCUT2D eigenvalue weighted by molar-refractivity contribution is 7.15. The number of aliphatic hydroxyl groups is 1. The molecular weight excluding hydrogens is 457 g/mol. The molecule has 2 N–H and O–H groups in total. The first kappa shape index (κ1) is 23.0. The number of aliphatic hydroxyl groups excluding tert-OH is 1. The normalized spacial score (nSPS) is 16.2. The number of benzene rings is 1. The average molecular weight is 478 g/mol. The first-order valence-corrected chi connectivity index (χ1v) is 11.0. The van der Waals surface area contributed by atoms with Crippen LogP contribution in [0, 0.1) is 12.8 Å². The molecule has 1 saturated heterocycles. The number of carbonyl (C=O) groups is 1. The van der Waals surface area contributed by atoms with Crippen LogP contribution in [0.4, 0.5) is 24.7 Å². The van der Waals surface area contributed by atoms with E-state index in [2.05, 4.69) is 24.9 Å². The van der Waals surface area contributed by atoms with E-state index in [9.17, 15) is 23.1 Å². The highest BCUT2D eigenvalue weighted by atomic mass is 32.1. The lowest BCUT2D eigenvalue weighted by atomic mass is 10.1. The highest BCUT2D eigenvalue weighted by Crippen LogP contribution is 2.36. The van der Waals surface area contributed by atoms with Gasteiger partial charge in [-0.05, 0) is 43.7 Å². The van der Waals surface area contributed by atoms with E-state index in [4.69, 9.17) is 0 Å². The number of ether oxygens (including phenoxy) is 1. The molecule has 1 amide bonds. The third kappa shape index (κ3) is 5.60. The molecular formula is C22H21F3N4O3S. The predicted molar refractivity (Wildman–Crippen MR) is 119 cm³/mol. The standard InChI is InChI=1S/C22H21F3N4O3S/c1-13-26-10-19(33-13)18-8-15(9-27-20(18)29-7-6-14(11-29)12-30)21(31)28-16-2-4-17(5-3-16)32-22(23,24)25/h2-5,8-10,14,30H,6-7,11-12H2,1H3,(H,28,31). The van der Waals surface area contributed by atoms with Crippen LogP contribution in [0.15, 0.2) is 42.7 Å². The number of rotatable bonds is 6. The molecule has 1 unspecified atom stereocenters. The summed E-state index contributed by atoms with van der Waals surface area (Å²) in [4.78, 5) is 24.6. The fourth-order valence-electron chi connectivity index (χ4n) is 3.62. The second kappa shape index (κ2) is 9.36. The number of nitrogens with zero attached hydrogens (tertiary/aromatic N) is 3. The lowest BCUT2D eigenvalue weighted by molar-refractivity contribution is -0.274. The molecule has 7 nitrogen and oxygen atoms in total. The number of halogens is 3. The van der Waals surface area contributed by atoms with Gasteiger partial charge in [0.15, 0.2) is 0 Å². The van der Waals surface area contributed by atoms with Gasteiger partial charge in [0.1, 0.15) is 11.6 Å². The van der Waals surface area contributed by atoms with Crippen molar-refractivity contribution in [2.75, 3.05) is 29.9 Å². The third-order valence-electron chi connectivity index (χ3n) is 5.20. The number of amides is 1. The Morgan fingerprint density at radius 3 is 2.64 bits per heavy atom. The van der Waals surface area contributed by atoms with Crippen LogP contribution >= 0.6 is 11.3 Å². The molecule has 0 bridgehead atoms. The molecule has 1 aliphatic rings. The molecule has 2 aromatic heterocycles. The Labute approximate surface area is 191 Å². The molecule has 0 spiro atoms. The highest BCUT2D eigenvalue weighted by Gasteiger charge is 2.31. The summed E-state index contributed by atoms with van der Waals surface area (Å²) in [7, 11) is 0. The topological polar surface area (TPSA) is 87.6 Å². The van der Waals surface area contributed by atoms with E-state index in [1.165, 1.54) is 29.7 Å². The number of hydrogen-bond donors (Lipinski definition) is 2. The monoisotopic (exact) mass is 478 g/mol. The molecule has 1 atom stereocenters. The Morgan fingerprint density at radius 1 is 1.27 bits per heavy atom. The van der Waals surface area contributed by atoms with Crippen molar-refractivity contribution in [1.82, 2.24) is 9.97 Å². The molecule has 1 fully saturated rings. The van der Waals surface area contributed by atoms with Gasteiger partial charge in [0.05, 0.1) is 15.4 Å². The zero-order valence-electron chi connectivity index (χ0n) is 17.6. The molecule has 33 heavy (non-hydrogen) atoms. The van der Waals surface area contributed by atoms with E-state index in [-0.39, 0.29) is 18.3 Å².